The van der Waals surface area contributed by atoms with Gasteiger partial charge in [0.05, 0.1) is 4.90 Å². The van der Waals surface area contributed by atoms with Gasteiger partial charge in [0.2, 0.25) is 10.0 Å². The molecule has 7 heteroatoms. The molecule has 1 aromatic rings. The third-order valence-corrected chi connectivity index (χ3v) is 7.05. The van der Waals surface area contributed by atoms with E-state index in [1.54, 1.807) is 17.4 Å². The van der Waals surface area contributed by atoms with Crippen LogP contribution in [0.1, 0.15) is 24.0 Å². The highest BCUT2D eigenvalue weighted by atomic mass is 32.2. The van der Waals surface area contributed by atoms with Crippen LogP contribution in [0.4, 0.5) is 0 Å². The number of aryl methyl sites for hydroxylation is 2. The van der Waals surface area contributed by atoms with E-state index in [1.165, 1.54) is 17.5 Å². The van der Waals surface area contributed by atoms with Crippen molar-refractivity contribution >= 4 is 27.4 Å². The predicted molar refractivity (Wildman–Crippen MR) is 95.1 cm³/mol. The highest BCUT2D eigenvalue weighted by molar-refractivity contribution is 7.89. The van der Waals surface area contributed by atoms with E-state index in [9.17, 15) is 8.42 Å². The monoisotopic (exact) mass is 353 g/mol. The Morgan fingerprint density at radius 3 is 2.39 bits per heavy atom. The molecule has 5 nitrogen and oxygen atoms in total. The Kier molecular flexibility index (Phi) is 4.89. The molecule has 1 aliphatic heterocycles. The zero-order valence-electron chi connectivity index (χ0n) is 13.4. The van der Waals surface area contributed by atoms with Gasteiger partial charge >= 0.3 is 0 Å². The van der Waals surface area contributed by atoms with E-state index in [-0.39, 0.29) is 0 Å². The fourth-order valence-corrected chi connectivity index (χ4v) is 4.96. The van der Waals surface area contributed by atoms with E-state index in [0.29, 0.717) is 36.2 Å². The van der Waals surface area contributed by atoms with Gasteiger partial charge in [0.25, 0.3) is 0 Å². The van der Waals surface area contributed by atoms with Crippen LogP contribution in [0.25, 0.3) is 0 Å². The number of nitrogens with zero attached hydrogens (tertiary/aromatic N) is 2. The topological polar surface area (TPSA) is 52.6 Å². The lowest BCUT2D eigenvalue weighted by molar-refractivity contribution is 0.265. The van der Waals surface area contributed by atoms with Crippen LogP contribution >= 0.6 is 12.2 Å². The van der Waals surface area contributed by atoms with Crippen LogP contribution in [-0.4, -0.2) is 56.0 Å². The van der Waals surface area contributed by atoms with Crippen molar-refractivity contribution in [2.45, 2.75) is 30.6 Å². The van der Waals surface area contributed by atoms with Crippen LogP contribution in [0.2, 0.25) is 0 Å². The minimum absolute atomic E-state index is 0.433. The first-order valence-corrected chi connectivity index (χ1v) is 9.96. The van der Waals surface area contributed by atoms with Crippen LogP contribution in [0.3, 0.4) is 0 Å². The number of sulfonamides is 1. The molecular weight excluding hydrogens is 330 g/mol. The molecule has 126 valence electrons. The molecular formula is C16H23N3O2S2. The van der Waals surface area contributed by atoms with E-state index in [1.807, 2.05) is 17.0 Å². The molecule has 0 spiro atoms. The maximum Gasteiger partial charge on any atom is 0.243 e. The average Bonchev–Trinajstić information content (AvgIpc) is 2.60. The number of thiocarbonyl (C=S) groups is 1. The number of hydrogen-bond acceptors (Lipinski definition) is 3. The van der Waals surface area contributed by atoms with Gasteiger partial charge in [-0.25, -0.2) is 8.42 Å². The van der Waals surface area contributed by atoms with Crippen molar-refractivity contribution in [2.24, 2.45) is 0 Å². The van der Waals surface area contributed by atoms with Crippen LogP contribution in [0.5, 0.6) is 0 Å². The Labute approximate surface area is 143 Å². The summed E-state index contributed by atoms with van der Waals surface area (Å²) in [4.78, 5) is 2.44. The average molecular weight is 354 g/mol. The third-order valence-electron chi connectivity index (χ3n) is 4.70. The first-order chi connectivity index (χ1) is 11.0. The molecule has 0 unspecified atom stereocenters. The summed E-state index contributed by atoms with van der Waals surface area (Å²) in [6.07, 6.45) is 4.40. The van der Waals surface area contributed by atoms with Crippen molar-refractivity contribution < 1.29 is 8.42 Å². The molecule has 0 radical (unpaired) electrons. The Morgan fingerprint density at radius 2 is 1.74 bits per heavy atom. The van der Waals surface area contributed by atoms with Gasteiger partial charge in [-0.3, -0.25) is 0 Å². The van der Waals surface area contributed by atoms with Crippen molar-refractivity contribution in [3.63, 3.8) is 0 Å². The quantitative estimate of drug-likeness (QED) is 0.814. The number of fused-ring (bicyclic) bond motifs is 1. The molecule has 1 heterocycles. The van der Waals surface area contributed by atoms with E-state index < -0.39 is 10.0 Å². The van der Waals surface area contributed by atoms with Crippen LogP contribution < -0.4 is 5.32 Å². The molecule has 1 N–H and O–H groups in total. The summed E-state index contributed by atoms with van der Waals surface area (Å²) >= 11 is 5.21. The molecule has 1 aliphatic carbocycles. The highest BCUT2D eigenvalue weighted by Crippen LogP contribution is 2.26. The normalized spacial score (nSPS) is 19.3. The first-order valence-electron chi connectivity index (χ1n) is 8.11. The van der Waals surface area contributed by atoms with Gasteiger partial charge in [-0.15, -0.1) is 0 Å². The maximum atomic E-state index is 12.9. The zero-order valence-corrected chi connectivity index (χ0v) is 15.0. The fourth-order valence-electron chi connectivity index (χ4n) is 3.31. The fraction of sp³-hybridized carbons (Fsp3) is 0.562. The molecule has 0 atom stereocenters. The summed E-state index contributed by atoms with van der Waals surface area (Å²) in [5, 5.41) is 3.62. The van der Waals surface area contributed by atoms with Gasteiger partial charge in [0.15, 0.2) is 5.11 Å². The Bertz CT molecular complexity index is 695. The van der Waals surface area contributed by atoms with Crippen molar-refractivity contribution in [3.05, 3.63) is 29.3 Å². The van der Waals surface area contributed by atoms with Crippen molar-refractivity contribution in [1.82, 2.24) is 14.5 Å². The number of nitrogens with one attached hydrogen (secondary N) is 1. The number of hydrogen-bond donors (Lipinski definition) is 1. The van der Waals surface area contributed by atoms with Gasteiger partial charge < -0.3 is 10.2 Å². The van der Waals surface area contributed by atoms with E-state index >= 15 is 0 Å². The molecule has 2 aliphatic rings. The van der Waals surface area contributed by atoms with E-state index in [2.05, 4.69) is 5.32 Å². The Hall–Kier alpha value is -1.18. The molecule has 0 aromatic heterocycles. The number of piperazine rings is 1. The molecule has 0 amide bonds. The summed E-state index contributed by atoms with van der Waals surface area (Å²) < 4.78 is 27.3. The van der Waals surface area contributed by atoms with Gasteiger partial charge in [-0.2, -0.15) is 4.31 Å². The van der Waals surface area contributed by atoms with E-state index in [0.717, 1.165) is 19.3 Å². The lowest BCUT2D eigenvalue weighted by Crippen LogP contribution is -2.52. The zero-order chi connectivity index (χ0) is 16.4. The first kappa shape index (κ1) is 16.7. The largest absolute Gasteiger partial charge is 0.366 e. The Balaban J connectivity index is 1.76. The van der Waals surface area contributed by atoms with Gasteiger partial charge in [-0.1, -0.05) is 6.07 Å². The molecule has 0 bridgehead atoms. The molecule has 0 saturated carbocycles. The summed E-state index contributed by atoms with van der Waals surface area (Å²) in [5.41, 5.74) is 2.51. The second kappa shape index (κ2) is 6.75. The SMILES string of the molecule is CNC(=S)N1CCN(S(=O)(=O)c2ccc3c(c2)CCCC3)CC1. The molecule has 1 fully saturated rings. The van der Waals surface area contributed by atoms with Crippen molar-refractivity contribution in [2.75, 3.05) is 33.2 Å². The smallest absolute Gasteiger partial charge is 0.243 e. The lowest BCUT2D eigenvalue weighted by Gasteiger charge is -2.35. The van der Waals surface area contributed by atoms with Crippen molar-refractivity contribution in [1.29, 1.82) is 0 Å². The van der Waals surface area contributed by atoms with Gasteiger partial charge in [-0.05, 0) is 61.2 Å². The maximum absolute atomic E-state index is 12.9. The molecule has 1 aromatic carbocycles. The summed E-state index contributed by atoms with van der Waals surface area (Å²) in [6, 6.07) is 5.65. The standard InChI is InChI=1S/C16H23N3O2S2/c1-17-16(22)18-8-10-19(11-9-18)23(20,21)15-7-6-13-4-2-3-5-14(13)12-15/h6-7,12H,2-5,8-11H2,1H3,(H,17,22). The predicted octanol–water partition coefficient (Wildman–Crippen LogP) is 1.38. The minimum Gasteiger partial charge on any atom is -0.366 e. The molecule has 23 heavy (non-hydrogen) atoms. The van der Waals surface area contributed by atoms with E-state index in [4.69, 9.17) is 12.2 Å². The third kappa shape index (κ3) is 3.36. The molecule has 3 rings (SSSR count). The number of benzene rings is 1. The summed E-state index contributed by atoms with van der Waals surface area (Å²) in [5.74, 6) is 0. The number of rotatable bonds is 2. The van der Waals surface area contributed by atoms with Gasteiger partial charge in [0, 0.05) is 33.2 Å². The lowest BCUT2D eigenvalue weighted by atomic mass is 9.92. The molecule has 1 saturated heterocycles. The highest BCUT2D eigenvalue weighted by Gasteiger charge is 2.29. The minimum atomic E-state index is -3.41. The second-order valence-electron chi connectivity index (χ2n) is 6.08. The van der Waals surface area contributed by atoms with Crippen LogP contribution in [0, 0.1) is 0 Å². The Morgan fingerprint density at radius 1 is 1.09 bits per heavy atom. The van der Waals surface area contributed by atoms with Gasteiger partial charge in [0.1, 0.15) is 0 Å². The summed E-state index contributed by atoms with van der Waals surface area (Å²) in [6.45, 7) is 2.20. The van der Waals surface area contributed by atoms with Crippen LogP contribution in [0.15, 0.2) is 23.1 Å². The van der Waals surface area contributed by atoms with Crippen molar-refractivity contribution in [3.8, 4) is 0 Å². The van der Waals surface area contributed by atoms with Crippen LogP contribution in [-0.2, 0) is 22.9 Å². The second-order valence-corrected chi connectivity index (χ2v) is 8.41. The summed E-state index contributed by atoms with van der Waals surface area (Å²) in [7, 11) is -1.62.